The van der Waals surface area contributed by atoms with Crippen LogP contribution in [0.4, 0.5) is 0 Å². The van der Waals surface area contributed by atoms with Crippen molar-refractivity contribution in [1.82, 2.24) is 4.90 Å². The minimum Gasteiger partial charge on any atom is -0.338 e. The Bertz CT molecular complexity index is 471. The van der Waals surface area contributed by atoms with Gasteiger partial charge in [-0.25, -0.2) is 0 Å². The van der Waals surface area contributed by atoms with Gasteiger partial charge < -0.3 is 4.90 Å². The first-order chi connectivity index (χ1) is 9.56. The van der Waals surface area contributed by atoms with Crippen molar-refractivity contribution in [2.24, 2.45) is 11.8 Å². The number of rotatable bonds is 6. The summed E-state index contributed by atoms with van der Waals surface area (Å²) in [6, 6.07) is 10.3. The Labute approximate surface area is 122 Å². The lowest BCUT2D eigenvalue weighted by molar-refractivity contribution is -0.132. The molecule has 0 aliphatic heterocycles. The number of hydrogen-bond acceptors (Lipinski definition) is 1. The van der Waals surface area contributed by atoms with Crippen LogP contribution in [0.15, 0.2) is 35.9 Å². The van der Waals surface area contributed by atoms with E-state index in [2.05, 4.69) is 39.0 Å². The summed E-state index contributed by atoms with van der Waals surface area (Å²) < 4.78 is 0. The fourth-order valence-corrected chi connectivity index (χ4v) is 2.44. The molecule has 0 unspecified atom stereocenters. The highest BCUT2D eigenvalue weighted by Gasteiger charge is 2.33. The van der Waals surface area contributed by atoms with Gasteiger partial charge in [-0.2, -0.15) is 0 Å². The number of hydrogen-bond donors (Lipinski definition) is 0. The maximum atomic E-state index is 12.3. The third kappa shape index (κ3) is 4.52. The van der Waals surface area contributed by atoms with Gasteiger partial charge in [-0.3, -0.25) is 4.79 Å². The van der Waals surface area contributed by atoms with E-state index in [1.165, 1.54) is 11.1 Å². The van der Waals surface area contributed by atoms with Gasteiger partial charge in [0.05, 0.1) is 0 Å². The summed E-state index contributed by atoms with van der Waals surface area (Å²) in [6.07, 6.45) is 4.33. The molecule has 2 heteroatoms. The fourth-order valence-electron chi connectivity index (χ4n) is 2.44. The molecule has 1 saturated carbocycles. The van der Waals surface area contributed by atoms with E-state index in [0.29, 0.717) is 17.7 Å². The number of carbonyl (C=O) groups excluding carboxylic acids is 1. The number of benzene rings is 1. The topological polar surface area (TPSA) is 20.3 Å². The molecule has 0 bridgehead atoms. The second-order valence-electron chi connectivity index (χ2n) is 6.29. The van der Waals surface area contributed by atoms with E-state index in [-0.39, 0.29) is 0 Å². The van der Waals surface area contributed by atoms with Crippen LogP contribution in [0, 0.1) is 11.8 Å². The molecule has 1 aliphatic rings. The summed E-state index contributed by atoms with van der Waals surface area (Å²) in [6.45, 7) is 8.06. The number of carbonyl (C=O) groups is 1. The smallest absolute Gasteiger partial charge is 0.225 e. The Hall–Kier alpha value is -1.57. The summed E-state index contributed by atoms with van der Waals surface area (Å²) in [7, 11) is 0. The molecule has 2 rings (SSSR count). The van der Waals surface area contributed by atoms with Crippen molar-refractivity contribution in [3.8, 4) is 0 Å². The van der Waals surface area contributed by atoms with Crippen molar-refractivity contribution >= 4 is 12.0 Å². The molecule has 0 N–H and O–H groups in total. The van der Waals surface area contributed by atoms with Gasteiger partial charge in [0.15, 0.2) is 0 Å². The molecule has 1 amide bonds. The highest BCUT2D eigenvalue weighted by molar-refractivity contribution is 5.81. The first kappa shape index (κ1) is 14.8. The third-order valence-corrected chi connectivity index (χ3v) is 3.48. The quantitative estimate of drug-likeness (QED) is 0.766. The SMILES string of the molecule is C/C(=C\c1ccccc1)CN(CC(C)C)C(=O)C1CC1. The first-order valence-electron chi connectivity index (χ1n) is 7.57. The molecule has 0 radical (unpaired) electrons. The third-order valence-electron chi connectivity index (χ3n) is 3.48. The van der Waals surface area contributed by atoms with Crippen molar-refractivity contribution in [3.05, 3.63) is 41.5 Å². The Morgan fingerprint density at radius 2 is 1.95 bits per heavy atom. The lowest BCUT2D eigenvalue weighted by Crippen LogP contribution is -2.36. The highest BCUT2D eigenvalue weighted by atomic mass is 16.2. The van der Waals surface area contributed by atoms with Gasteiger partial charge >= 0.3 is 0 Å². The Kier molecular flexibility index (Phi) is 4.99. The maximum absolute atomic E-state index is 12.3. The largest absolute Gasteiger partial charge is 0.338 e. The summed E-state index contributed by atoms with van der Waals surface area (Å²) in [5.74, 6) is 1.17. The monoisotopic (exact) mass is 271 g/mol. The lowest BCUT2D eigenvalue weighted by atomic mass is 10.1. The van der Waals surface area contributed by atoms with Gasteiger partial charge in [-0.15, -0.1) is 0 Å². The Morgan fingerprint density at radius 3 is 2.50 bits per heavy atom. The van der Waals surface area contributed by atoms with Crippen molar-refractivity contribution in [2.45, 2.75) is 33.6 Å². The molecule has 1 aromatic carbocycles. The van der Waals surface area contributed by atoms with Crippen LogP contribution in [0.3, 0.4) is 0 Å². The van der Waals surface area contributed by atoms with Gasteiger partial charge in [-0.1, -0.05) is 55.8 Å². The normalized spacial score (nSPS) is 15.5. The molecule has 1 fully saturated rings. The maximum Gasteiger partial charge on any atom is 0.225 e. The second-order valence-corrected chi connectivity index (χ2v) is 6.29. The van der Waals surface area contributed by atoms with Crippen molar-refractivity contribution in [3.63, 3.8) is 0 Å². The van der Waals surface area contributed by atoms with Crippen LogP contribution >= 0.6 is 0 Å². The second kappa shape index (κ2) is 6.74. The van der Waals surface area contributed by atoms with E-state index < -0.39 is 0 Å². The van der Waals surface area contributed by atoms with Gasteiger partial charge in [0, 0.05) is 19.0 Å². The number of amides is 1. The molecular formula is C18H25NO. The summed E-state index contributed by atoms with van der Waals surface area (Å²) in [4.78, 5) is 14.4. The van der Waals surface area contributed by atoms with Crippen molar-refractivity contribution < 1.29 is 4.79 Å². The summed E-state index contributed by atoms with van der Waals surface area (Å²) >= 11 is 0. The lowest BCUT2D eigenvalue weighted by Gasteiger charge is -2.25. The average Bonchev–Trinajstić information content (AvgIpc) is 3.22. The van der Waals surface area contributed by atoms with Crippen LogP contribution < -0.4 is 0 Å². The molecule has 20 heavy (non-hydrogen) atoms. The van der Waals surface area contributed by atoms with Gasteiger partial charge in [0.25, 0.3) is 0 Å². The van der Waals surface area contributed by atoms with Crippen molar-refractivity contribution in [1.29, 1.82) is 0 Å². The van der Waals surface area contributed by atoms with E-state index in [1.807, 2.05) is 23.1 Å². The highest BCUT2D eigenvalue weighted by Crippen LogP contribution is 2.31. The van der Waals surface area contributed by atoms with Crippen molar-refractivity contribution in [2.75, 3.05) is 13.1 Å². The molecule has 0 spiro atoms. The van der Waals surface area contributed by atoms with Crippen LogP contribution in [0.5, 0.6) is 0 Å². The molecular weight excluding hydrogens is 246 g/mol. The Morgan fingerprint density at radius 1 is 1.30 bits per heavy atom. The van der Waals surface area contributed by atoms with Gasteiger partial charge in [0.1, 0.15) is 0 Å². The van der Waals surface area contributed by atoms with E-state index >= 15 is 0 Å². The number of nitrogens with zero attached hydrogens (tertiary/aromatic N) is 1. The molecule has 0 aromatic heterocycles. The van der Waals surface area contributed by atoms with Crippen LogP contribution in [0.1, 0.15) is 39.2 Å². The predicted molar refractivity (Wildman–Crippen MR) is 84.2 cm³/mol. The summed E-state index contributed by atoms with van der Waals surface area (Å²) in [5, 5.41) is 0. The molecule has 108 valence electrons. The van der Waals surface area contributed by atoms with E-state index in [1.54, 1.807) is 0 Å². The molecule has 0 saturated heterocycles. The Balaban J connectivity index is 2.02. The van der Waals surface area contributed by atoms with Gasteiger partial charge in [-0.05, 0) is 31.2 Å². The zero-order chi connectivity index (χ0) is 14.5. The molecule has 0 heterocycles. The van der Waals surface area contributed by atoms with E-state index in [9.17, 15) is 4.79 Å². The van der Waals surface area contributed by atoms with Crippen LogP contribution in [-0.2, 0) is 4.79 Å². The minimum absolute atomic E-state index is 0.304. The molecule has 2 nitrogen and oxygen atoms in total. The molecule has 0 atom stereocenters. The molecule has 1 aliphatic carbocycles. The predicted octanol–water partition coefficient (Wildman–Crippen LogP) is 3.98. The van der Waals surface area contributed by atoms with Gasteiger partial charge in [0.2, 0.25) is 5.91 Å². The van der Waals surface area contributed by atoms with Crippen LogP contribution in [0.2, 0.25) is 0 Å². The van der Waals surface area contributed by atoms with E-state index in [0.717, 1.165) is 25.9 Å². The zero-order valence-corrected chi connectivity index (χ0v) is 12.8. The van der Waals surface area contributed by atoms with E-state index in [4.69, 9.17) is 0 Å². The zero-order valence-electron chi connectivity index (χ0n) is 12.8. The average molecular weight is 271 g/mol. The van der Waals surface area contributed by atoms with Crippen LogP contribution in [-0.4, -0.2) is 23.9 Å². The summed E-state index contributed by atoms with van der Waals surface area (Å²) in [5.41, 5.74) is 2.44. The minimum atomic E-state index is 0.304. The standard InChI is InChI=1S/C18H25NO/c1-14(2)12-19(18(20)17-9-10-17)13-15(3)11-16-7-5-4-6-8-16/h4-8,11,14,17H,9-10,12-13H2,1-3H3/b15-11+. The first-order valence-corrected chi connectivity index (χ1v) is 7.57. The van der Waals surface area contributed by atoms with Crippen LogP contribution in [0.25, 0.3) is 6.08 Å². The molecule has 1 aromatic rings. The fraction of sp³-hybridized carbons (Fsp3) is 0.500.